The number of rotatable bonds is 9. The van der Waals surface area contributed by atoms with Gasteiger partial charge in [0.2, 0.25) is 0 Å². The van der Waals surface area contributed by atoms with Gasteiger partial charge in [0.25, 0.3) is 0 Å². The van der Waals surface area contributed by atoms with Crippen molar-refractivity contribution in [2.75, 3.05) is 20.2 Å². The minimum absolute atomic E-state index is 0.0389. The fourth-order valence-electron chi connectivity index (χ4n) is 2.63. The van der Waals surface area contributed by atoms with E-state index in [9.17, 15) is 14.9 Å². The minimum Gasteiger partial charge on any atom is -0.462 e. The van der Waals surface area contributed by atoms with Crippen molar-refractivity contribution in [2.24, 2.45) is 0 Å². The number of allylic oxidation sites excluding steroid dienone is 4. The van der Waals surface area contributed by atoms with Gasteiger partial charge >= 0.3 is 5.97 Å². The molecule has 0 radical (unpaired) electrons. The summed E-state index contributed by atoms with van der Waals surface area (Å²) in [5.41, 5.74) is 2.16. The number of carbonyl (C=O) groups is 2. The number of hydrogen-bond donors (Lipinski definition) is 0. The number of carbonyl (C=O) groups excluding carboxylic acids is 2. The fourth-order valence-corrected chi connectivity index (χ4v) is 2.75. The summed E-state index contributed by atoms with van der Waals surface area (Å²) in [5, 5.41) is 9.81. The van der Waals surface area contributed by atoms with Gasteiger partial charge in [0, 0.05) is 17.6 Å². The average Bonchev–Trinajstić information content (AvgIpc) is 2.77. The Balaban J connectivity index is 2.22. The van der Waals surface area contributed by atoms with Gasteiger partial charge in [-0.1, -0.05) is 48.0 Å². The summed E-state index contributed by atoms with van der Waals surface area (Å²) in [6, 6.07) is 18.1. The highest BCUT2D eigenvalue weighted by atomic mass is 35.5. The summed E-state index contributed by atoms with van der Waals surface area (Å²) in [6.45, 7) is 2.06. The van der Waals surface area contributed by atoms with Gasteiger partial charge in [0.15, 0.2) is 5.78 Å². The highest BCUT2D eigenvalue weighted by molar-refractivity contribution is 6.30. The standard InChI is InChI=1S/C25H23ClN2O3/c1-3-31-25(30)22(17-27)10-9-20(19-7-5-4-6-8-19)15-16-28(2)18-24(29)21-11-13-23(26)14-12-21/h4-16H,3,18H2,1-2H3. The number of ether oxygens (including phenoxy) is 1. The zero-order valence-corrected chi connectivity index (χ0v) is 18.2. The summed E-state index contributed by atoms with van der Waals surface area (Å²) >= 11 is 5.87. The van der Waals surface area contributed by atoms with Crippen molar-refractivity contribution in [3.8, 4) is 6.07 Å². The van der Waals surface area contributed by atoms with Crippen molar-refractivity contribution >= 4 is 28.9 Å². The molecule has 2 aromatic carbocycles. The molecule has 31 heavy (non-hydrogen) atoms. The van der Waals surface area contributed by atoms with E-state index in [1.165, 1.54) is 6.08 Å². The largest absolute Gasteiger partial charge is 0.462 e. The number of nitrogens with zero attached hydrogens (tertiary/aromatic N) is 2. The fraction of sp³-hybridized carbons (Fsp3) is 0.160. The normalized spacial score (nSPS) is 11.8. The van der Waals surface area contributed by atoms with Gasteiger partial charge in [0.1, 0.15) is 11.6 Å². The van der Waals surface area contributed by atoms with Crippen molar-refractivity contribution in [1.29, 1.82) is 5.26 Å². The van der Waals surface area contributed by atoms with E-state index in [1.807, 2.05) is 42.5 Å². The van der Waals surface area contributed by atoms with Crippen LogP contribution < -0.4 is 0 Å². The number of likely N-dealkylation sites (N-methyl/N-ethyl adjacent to an activating group) is 1. The molecule has 0 aliphatic heterocycles. The predicted molar refractivity (Wildman–Crippen MR) is 122 cm³/mol. The Kier molecular flexibility index (Phi) is 9.28. The van der Waals surface area contributed by atoms with Crippen LogP contribution in [0.1, 0.15) is 22.8 Å². The van der Waals surface area contributed by atoms with Gasteiger partial charge in [-0.15, -0.1) is 0 Å². The van der Waals surface area contributed by atoms with Gasteiger partial charge in [-0.2, -0.15) is 5.26 Å². The summed E-state index contributed by atoms with van der Waals surface area (Å²) in [5.74, 6) is -0.702. The summed E-state index contributed by atoms with van der Waals surface area (Å²) in [4.78, 5) is 26.1. The zero-order valence-electron chi connectivity index (χ0n) is 17.4. The Morgan fingerprint density at radius 3 is 2.35 bits per heavy atom. The van der Waals surface area contributed by atoms with Crippen LogP contribution in [0.3, 0.4) is 0 Å². The lowest BCUT2D eigenvalue weighted by molar-refractivity contribution is -0.138. The number of nitriles is 1. The van der Waals surface area contributed by atoms with E-state index in [0.29, 0.717) is 10.6 Å². The molecule has 0 aromatic heterocycles. The average molecular weight is 435 g/mol. The Morgan fingerprint density at radius 2 is 1.74 bits per heavy atom. The molecule has 0 bridgehead atoms. The maximum atomic E-state index is 12.4. The smallest absolute Gasteiger partial charge is 0.348 e. The third-order valence-electron chi connectivity index (χ3n) is 4.22. The van der Waals surface area contributed by atoms with Crippen LogP contribution in [0.25, 0.3) is 5.57 Å². The van der Waals surface area contributed by atoms with Crippen LogP contribution in [0.4, 0.5) is 0 Å². The predicted octanol–water partition coefficient (Wildman–Crippen LogP) is 5.06. The quantitative estimate of drug-likeness (QED) is 0.181. The first-order valence-electron chi connectivity index (χ1n) is 9.66. The SMILES string of the molecule is CCOC(=O)C(C#N)=CC=C(C=CN(C)CC(=O)c1ccc(Cl)cc1)c1ccccc1. The summed E-state index contributed by atoms with van der Waals surface area (Å²) in [6.07, 6.45) is 6.71. The van der Waals surface area contributed by atoms with Gasteiger partial charge in [-0.3, -0.25) is 4.79 Å². The lowest BCUT2D eigenvalue weighted by atomic mass is 10.0. The maximum absolute atomic E-state index is 12.4. The molecular weight excluding hydrogens is 412 g/mol. The Morgan fingerprint density at radius 1 is 1.06 bits per heavy atom. The number of esters is 1. The molecular formula is C25H23ClN2O3. The molecule has 2 rings (SSSR count). The molecule has 0 atom stereocenters. The monoisotopic (exact) mass is 434 g/mol. The van der Waals surface area contributed by atoms with Crippen LogP contribution >= 0.6 is 11.6 Å². The second-order valence-corrected chi connectivity index (χ2v) is 7.00. The molecule has 0 aliphatic rings. The first-order chi connectivity index (χ1) is 14.9. The molecule has 0 saturated heterocycles. The van der Waals surface area contributed by atoms with E-state index < -0.39 is 5.97 Å². The maximum Gasteiger partial charge on any atom is 0.348 e. The molecule has 0 heterocycles. The molecule has 0 saturated carbocycles. The van der Waals surface area contributed by atoms with Gasteiger partial charge in [-0.25, -0.2) is 4.79 Å². The van der Waals surface area contributed by atoms with Crippen molar-refractivity contribution in [1.82, 2.24) is 4.90 Å². The van der Waals surface area contributed by atoms with Crippen molar-refractivity contribution in [2.45, 2.75) is 6.92 Å². The Labute approximate surface area is 187 Å². The molecule has 0 amide bonds. The Bertz CT molecular complexity index is 1030. The van der Waals surface area contributed by atoms with Crippen molar-refractivity contribution in [3.63, 3.8) is 0 Å². The summed E-state index contributed by atoms with van der Waals surface area (Å²) in [7, 11) is 1.79. The Hall–Kier alpha value is -3.62. The molecule has 6 heteroatoms. The molecule has 0 fully saturated rings. The molecule has 2 aromatic rings. The number of hydrogen-bond acceptors (Lipinski definition) is 5. The van der Waals surface area contributed by atoms with Crippen LogP contribution in [0.2, 0.25) is 5.02 Å². The van der Waals surface area contributed by atoms with Crippen LogP contribution in [0, 0.1) is 11.3 Å². The van der Waals surface area contributed by atoms with Crippen molar-refractivity contribution in [3.05, 3.63) is 101 Å². The first-order valence-corrected chi connectivity index (χ1v) is 10.0. The summed E-state index contributed by atoms with van der Waals surface area (Å²) < 4.78 is 4.89. The van der Waals surface area contributed by atoms with E-state index in [1.54, 1.807) is 55.4 Å². The highest BCUT2D eigenvalue weighted by Crippen LogP contribution is 2.17. The molecule has 0 N–H and O–H groups in total. The first kappa shape index (κ1) is 23.7. The molecule has 0 unspecified atom stereocenters. The van der Waals surface area contributed by atoms with E-state index >= 15 is 0 Å². The molecule has 5 nitrogen and oxygen atoms in total. The highest BCUT2D eigenvalue weighted by Gasteiger charge is 2.09. The molecule has 0 aliphatic carbocycles. The minimum atomic E-state index is -0.664. The molecule has 0 spiro atoms. The lowest BCUT2D eigenvalue weighted by Crippen LogP contribution is -2.20. The van der Waals surface area contributed by atoms with Gasteiger partial charge < -0.3 is 9.64 Å². The second kappa shape index (κ2) is 12.2. The van der Waals surface area contributed by atoms with E-state index in [0.717, 1.165) is 11.1 Å². The lowest BCUT2D eigenvalue weighted by Gasteiger charge is -2.13. The van der Waals surface area contributed by atoms with Crippen LogP contribution in [-0.2, 0) is 9.53 Å². The van der Waals surface area contributed by atoms with Crippen molar-refractivity contribution < 1.29 is 14.3 Å². The second-order valence-electron chi connectivity index (χ2n) is 6.56. The van der Waals surface area contributed by atoms with Crippen LogP contribution in [0.15, 0.2) is 84.6 Å². The number of Topliss-reactive ketones (excluding diaryl/α,β-unsaturated/α-hetero) is 1. The van der Waals surface area contributed by atoms with E-state index in [-0.39, 0.29) is 24.5 Å². The van der Waals surface area contributed by atoms with E-state index in [4.69, 9.17) is 16.3 Å². The zero-order chi connectivity index (χ0) is 22.6. The number of halogens is 1. The number of ketones is 1. The third-order valence-corrected chi connectivity index (χ3v) is 4.47. The topological polar surface area (TPSA) is 70.4 Å². The van der Waals surface area contributed by atoms with Gasteiger partial charge in [-0.05, 0) is 60.7 Å². The van der Waals surface area contributed by atoms with E-state index in [2.05, 4.69) is 0 Å². The van der Waals surface area contributed by atoms with Crippen LogP contribution in [0.5, 0.6) is 0 Å². The molecule has 158 valence electrons. The third kappa shape index (κ3) is 7.61. The number of benzene rings is 2. The van der Waals surface area contributed by atoms with Gasteiger partial charge in [0.05, 0.1) is 13.2 Å². The van der Waals surface area contributed by atoms with Crippen LogP contribution in [-0.4, -0.2) is 36.9 Å².